The summed E-state index contributed by atoms with van der Waals surface area (Å²) in [5.74, 6) is 2.69. The van der Waals surface area contributed by atoms with Crippen LogP contribution >= 0.6 is 23.5 Å². The Labute approximate surface area is 83.2 Å². The second kappa shape index (κ2) is 4.25. The molecule has 0 aromatic heterocycles. The molecule has 2 saturated heterocycles. The third kappa shape index (κ3) is 1.94. The van der Waals surface area contributed by atoms with Gasteiger partial charge in [-0.1, -0.05) is 0 Å². The smallest absolute Gasteiger partial charge is 0.0279 e. The molecule has 2 aliphatic rings. The van der Waals surface area contributed by atoms with Crippen LogP contribution < -0.4 is 5.73 Å². The van der Waals surface area contributed by atoms with Gasteiger partial charge in [0.15, 0.2) is 0 Å². The first-order valence-corrected chi connectivity index (χ1v) is 6.96. The molecule has 3 heteroatoms. The van der Waals surface area contributed by atoms with Crippen LogP contribution in [0.4, 0.5) is 0 Å². The van der Waals surface area contributed by atoms with Crippen LogP contribution in [-0.2, 0) is 0 Å². The number of hydrogen-bond donors (Lipinski definition) is 1. The minimum atomic E-state index is 0.477. The van der Waals surface area contributed by atoms with Crippen molar-refractivity contribution < 1.29 is 0 Å². The predicted octanol–water partition coefficient (Wildman–Crippen LogP) is 2.10. The fraction of sp³-hybridized carbons (Fsp3) is 1.00. The van der Waals surface area contributed by atoms with Crippen LogP contribution in [-0.4, -0.2) is 28.0 Å². The highest BCUT2D eigenvalue weighted by atomic mass is 32.2. The monoisotopic (exact) mass is 203 g/mol. The summed E-state index contributed by atoms with van der Waals surface area (Å²) >= 11 is 4.20. The van der Waals surface area contributed by atoms with E-state index in [1.54, 1.807) is 0 Å². The molecule has 2 aliphatic heterocycles. The Bertz CT molecular complexity index is 123. The summed E-state index contributed by atoms with van der Waals surface area (Å²) in [7, 11) is 0. The average molecular weight is 203 g/mol. The van der Waals surface area contributed by atoms with Gasteiger partial charge < -0.3 is 5.73 Å². The lowest BCUT2D eigenvalue weighted by atomic mass is 10.0. The topological polar surface area (TPSA) is 26.0 Å². The van der Waals surface area contributed by atoms with E-state index >= 15 is 0 Å². The first kappa shape index (κ1) is 9.22. The summed E-state index contributed by atoms with van der Waals surface area (Å²) in [6.07, 6.45) is 5.51. The molecule has 2 unspecified atom stereocenters. The quantitative estimate of drug-likeness (QED) is 0.744. The Morgan fingerprint density at radius 3 is 1.83 bits per heavy atom. The molecule has 0 saturated carbocycles. The van der Waals surface area contributed by atoms with Crippen LogP contribution in [0.3, 0.4) is 0 Å². The third-order valence-electron chi connectivity index (χ3n) is 2.79. The number of rotatable bonds is 2. The van der Waals surface area contributed by atoms with Gasteiger partial charge in [0, 0.05) is 16.5 Å². The zero-order valence-corrected chi connectivity index (χ0v) is 9.00. The van der Waals surface area contributed by atoms with Gasteiger partial charge >= 0.3 is 0 Å². The second-order valence-corrected chi connectivity index (χ2v) is 6.37. The molecule has 70 valence electrons. The summed E-state index contributed by atoms with van der Waals surface area (Å²) in [4.78, 5) is 0. The van der Waals surface area contributed by atoms with Gasteiger partial charge in [-0.25, -0.2) is 0 Å². The maximum Gasteiger partial charge on any atom is 0.0279 e. The Balaban J connectivity index is 1.84. The lowest BCUT2D eigenvalue weighted by Gasteiger charge is -2.23. The van der Waals surface area contributed by atoms with Crippen molar-refractivity contribution in [2.24, 2.45) is 5.73 Å². The summed E-state index contributed by atoms with van der Waals surface area (Å²) in [6, 6.07) is 0.477. The van der Waals surface area contributed by atoms with E-state index in [4.69, 9.17) is 5.73 Å². The molecule has 2 atom stereocenters. The molecule has 0 aliphatic carbocycles. The van der Waals surface area contributed by atoms with Crippen LogP contribution in [0.2, 0.25) is 0 Å². The zero-order chi connectivity index (χ0) is 8.39. The fourth-order valence-corrected chi connectivity index (χ4v) is 4.91. The summed E-state index contributed by atoms with van der Waals surface area (Å²) < 4.78 is 0. The zero-order valence-electron chi connectivity index (χ0n) is 7.37. The van der Waals surface area contributed by atoms with Gasteiger partial charge in [-0.3, -0.25) is 0 Å². The Hall–Kier alpha value is 0.660. The largest absolute Gasteiger partial charge is 0.326 e. The highest BCUT2D eigenvalue weighted by Crippen LogP contribution is 2.36. The molecule has 1 nitrogen and oxygen atoms in total. The number of thioether (sulfide) groups is 2. The molecule has 2 heterocycles. The Kier molecular flexibility index (Phi) is 3.27. The first-order chi connectivity index (χ1) is 5.88. The van der Waals surface area contributed by atoms with E-state index in [-0.39, 0.29) is 0 Å². The molecule has 0 radical (unpaired) electrons. The van der Waals surface area contributed by atoms with Gasteiger partial charge in [-0.05, 0) is 37.2 Å². The van der Waals surface area contributed by atoms with Crippen molar-refractivity contribution in [3.63, 3.8) is 0 Å². The minimum Gasteiger partial charge on any atom is -0.326 e. The summed E-state index contributed by atoms with van der Waals surface area (Å²) in [5.41, 5.74) is 6.24. The van der Waals surface area contributed by atoms with E-state index in [9.17, 15) is 0 Å². The van der Waals surface area contributed by atoms with Crippen LogP contribution in [0.5, 0.6) is 0 Å². The maximum atomic E-state index is 6.24. The summed E-state index contributed by atoms with van der Waals surface area (Å²) in [5, 5.41) is 1.56. The maximum absolute atomic E-state index is 6.24. The van der Waals surface area contributed by atoms with Crippen LogP contribution in [0.15, 0.2) is 0 Å². The van der Waals surface area contributed by atoms with Crippen LogP contribution in [0.25, 0.3) is 0 Å². The van der Waals surface area contributed by atoms with Crippen molar-refractivity contribution >= 4 is 23.5 Å². The second-order valence-electron chi connectivity index (χ2n) is 3.68. The lowest BCUT2D eigenvalue weighted by molar-refractivity contribution is 0.571. The summed E-state index contributed by atoms with van der Waals surface area (Å²) in [6.45, 7) is 0. The first-order valence-electron chi connectivity index (χ1n) is 4.87. The van der Waals surface area contributed by atoms with Gasteiger partial charge in [0.05, 0.1) is 0 Å². The van der Waals surface area contributed by atoms with E-state index in [1.807, 2.05) is 0 Å². The van der Waals surface area contributed by atoms with Crippen molar-refractivity contribution in [1.82, 2.24) is 0 Å². The van der Waals surface area contributed by atoms with Crippen molar-refractivity contribution in [2.45, 2.75) is 42.2 Å². The molecule has 0 amide bonds. The van der Waals surface area contributed by atoms with E-state index in [0.29, 0.717) is 6.04 Å². The Morgan fingerprint density at radius 1 is 1.00 bits per heavy atom. The highest BCUT2D eigenvalue weighted by molar-refractivity contribution is 8.01. The molecule has 2 fully saturated rings. The lowest BCUT2D eigenvalue weighted by Crippen LogP contribution is -2.39. The van der Waals surface area contributed by atoms with E-state index in [0.717, 1.165) is 10.5 Å². The SMILES string of the molecule is NC(C1CCCS1)C1CCCS1. The van der Waals surface area contributed by atoms with E-state index < -0.39 is 0 Å². The molecular weight excluding hydrogens is 186 g/mol. The molecular formula is C9H17NS2. The average Bonchev–Trinajstić information content (AvgIpc) is 2.77. The minimum absolute atomic E-state index is 0.477. The van der Waals surface area contributed by atoms with Gasteiger partial charge in [-0.15, -0.1) is 0 Å². The standard InChI is InChI=1S/C9H17NS2/c10-9(7-3-1-5-11-7)8-4-2-6-12-8/h7-9H,1-6,10H2. The molecule has 0 aromatic rings. The Morgan fingerprint density at radius 2 is 1.50 bits per heavy atom. The van der Waals surface area contributed by atoms with Crippen molar-refractivity contribution in [3.05, 3.63) is 0 Å². The van der Waals surface area contributed by atoms with Crippen LogP contribution in [0, 0.1) is 0 Å². The van der Waals surface area contributed by atoms with Gasteiger partial charge in [0.2, 0.25) is 0 Å². The molecule has 2 N–H and O–H groups in total. The van der Waals surface area contributed by atoms with Crippen molar-refractivity contribution in [1.29, 1.82) is 0 Å². The van der Waals surface area contributed by atoms with E-state index in [2.05, 4.69) is 23.5 Å². The molecule has 0 aromatic carbocycles. The third-order valence-corrected chi connectivity index (χ3v) is 5.79. The van der Waals surface area contributed by atoms with Gasteiger partial charge in [0.25, 0.3) is 0 Å². The van der Waals surface area contributed by atoms with Crippen molar-refractivity contribution in [3.8, 4) is 0 Å². The molecule has 0 spiro atoms. The van der Waals surface area contributed by atoms with E-state index in [1.165, 1.54) is 37.2 Å². The number of nitrogens with two attached hydrogens (primary N) is 1. The van der Waals surface area contributed by atoms with Gasteiger partial charge in [-0.2, -0.15) is 23.5 Å². The highest BCUT2D eigenvalue weighted by Gasteiger charge is 2.31. The predicted molar refractivity (Wildman–Crippen MR) is 58.9 cm³/mol. The molecule has 2 rings (SSSR count). The fourth-order valence-electron chi connectivity index (χ4n) is 2.05. The normalized spacial score (nSPS) is 38.8. The molecule has 0 bridgehead atoms. The van der Waals surface area contributed by atoms with Crippen LogP contribution in [0.1, 0.15) is 25.7 Å². The molecule has 12 heavy (non-hydrogen) atoms. The van der Waals surface area contributed by atoms with Gasteiger partial charge in [0.1, 0.15) is 0 Å². The van der Waals surface area contributed by atoms with Crippen molar-refractivity contribution in [2.75, 3.05) is 11.5 Å². The number of hydrogen-bond acceptors (Lipinski definition) is 3.